The van der Waals surface area contributed by atoms with Crippen LogP contribution in [0.15, 0.2) is 22.6 Å². The second kappa shape index (κ2) is 5.38. The quantitative estimate of drug-likeness (QED) is 0.805. The van der Waals surface area contributed by atoms with Gasteiger partial charge in [0.15, 0.2) is 11.5 Å². The summed E-state index contributed by atoms with van der Waals surface area (Å²) in [6.45, 7) is 2.39. The fourth-order valence-corrected chi connectivity index (χ4v) is 1.68. The molecule has 0 spiro atoms. The summed E-state index contributed by atoms with van der Waals surface area (Å²) in [5, 5.41) is 12.5. The zero-order valence-electron chi connectivity index (χ0n) is 9.61. The number of anilines is 1. The predicted molar refractivity (Wildman–Crippen MR) is 68.6 cm³/mol. The van der Waals surface area contributed by atoms with Crippen molar-refractivity contribution in [2.24, 2.45) is 0 Å². The van der Waals surface area contributed by atoms with E-state index in [1.807, 2.05) is 25.1 Å². The third-order valence-corrected chi connectivity index (χ3v) is 2.83. The number of fused-ring (bicyclic) bond motifs is 1. The zero-order valence-corrected chi connectivity index (χ0v) is 10.4. The number of oxazole rings is 1. The smallest absolute Gasteiger partial charge is 0.195 e. The maximum absolute atomic E-state index is 9.40. The van der Waals surface area contributed by atoms with E-state index in [1.165, 1.54) is 0 Å². The van der Waals surface area contributed by atoms with Crippen LogP contribution in [0.5, 0.6) is 0 Å². The summed E-state index contributed by atoms with van der Waals surface area (Å²) in [6.07, 6.45) is 0.197. The second-order valence-electron chi connectivity index (χ2n) is 3.80. The number of hydrogen-bond donors (Lipinski definition) is 2. The van der Waals surface area contributed by atoms with Gasteiger partial charge in [0.25, 0.3) is 0 Å². The maximum Gasteiger partial charge on any atom is 0.195 e. The Labute approximate surface area is 105 Å². The van der Waals surface area contributed by atoms with E-state index in [0.717, 1.165) is 23.2 Å². The Kier molecular flexibility index (Phi) is 3.86. The van der Waals surface area contributed by atoms with E-state index < -0.39 is 6.10 Å². The first-order chi connectivity index (χ1) is 8.24. The Morgan fingerprint density at radius 1 is 1.53 bits per heavy atom. The van der Waals surface area contributed by atoms with Crippen molar-refractivity contribution in [1.82, 2.24) is 4.98 Å². The van der Waals surface area contributed by atoms with Crippen LogP contribution in [0.4, 0.5) is 5.69 Å². The molecule has 5 heteroatoms. The molecule has 2 aromatic rings. The minimum atomic E-state index is -0.565. The number of alkyl halides is 1. The number of aliphatic hydroxyl groups excluding tert-OH is 1. The molecule has 0 saturated heterocycles. The van der Waals surface area contributed by atoms with Gasteiger partial charge in [0.2, 0.25) is 0 Å². The number of aromatic nitrogens is 1. The normalized spacial score (nSPS) is 12.9. The third-order valence-electron chi connectivity index (χ3n) is 2.47. The Hall–Kier alpha value is -1.26. The minimum absolute atomic E-state index is 0.210. The van der Waals surface area contributed by atoms with Crippen LogP contribution in [-0.2, 0) is 6.42 Å². The number of para-hydroxylation sites is 1. The molecule has 0 bridgehead atoms. The van der Waals surface area contributed by atoms with Gasteiger partial charge in [0, 0.05) is 13.0 Å². The molecule has 0 saturated carbocycles. The van der Waals surface area contributed by atoms with Crippen LogP contribution in [0.3, 0.4) is 0 Å². The van der Waals surface area contributed by atoms with Gasteiger partial charge in [0.05, 0.1) is 17.7 Å². The first-order valence-corrected chi connectivity index (χ1v) is 6.14. The molecule has 1 atom stereocenters. The van der Waals surface area contributed by atoms with Crippen LogP contribution in [0, 0.1) is 0 Å². The SMILES string of the molecule is CCc1nc2c(NCC(O)CCl)cccc2o1. The lowest BCUT2D eigenvalue weighted by molar-refractivity contribution is 0.211. The van der Waals surface area contributed by atoms with Crippen LogP contribution < -0.4 is 5.32 Å². The van der Waals surface area contributed by atoms with E-state index in [9.17, 15) is 5.11 Å². The lowest BCUT2D eigenvalue weighted by Crippen LogP contribution is -2.20. The van der Waals surface area contributed by atoms with Gasteiger partial charge in [-0.3, -0.25) is 0 Å². The van der Waals surface area contributed by atoms with E-state index in [1.54, 1.807) is 0 Å². The number of hydrogen-bond acceptors (Lipinski definition) is 4. The average molecular weight is 255 g/mol. The number of nitrogens with one attached hydrogen (secondary N) is 1. The molecule has 0 aliphatic carbocycles. The molecule has 0 fully saturated rings. The van der Waals surface area contributed by atoms with Crippen molar-refractivity contribution in [2.45, 2.75) is 19.4 Å². The van der Waals surface area contributed by atoms with Gasteiger partial charge < -0.3 is 14.8 Å². The molecule has 1 aromatic carbocycles. The molecule has 1 unspecified atom stereocenters. The number of halogens is 1. The highest BCUT2D eigenvalue weighted by Gasteiger charge is 2.09. The first kappa shape index (κ1) is 12.2. The van der Waals surface area contributed by atoms with Gasteiger partial charge in [-0.05, 0) is 12.1 Å². The van der Waals surface area contributed by atoms with E-state index in [0.29, 0.717) is 12.4 Å². The highest BCUT2D eigenvalue weighted by atomic mass is 35.5. The van der Waals surface area contributed by atoms with Crippen LogP contribution in [0.2, 0.25) is 0 Å². The minimum Gasteiger partial charge on any atom is -0.441 e. The van der Waals surface area contributed by atoms with Crippen molar-refractivity contribution in [3.8, 4) is 0 Å². The highest BCUT2D eigenvalue weighted by molar-refractivity contribution is 6.18. The van der Waals surface area contributed by atoms with Crippen molar-refractivity contribution < 1.29 is 9.52 Å². The molecule has 0 radical (unpaired) electrons. The molecular weight excluding hydrogens is 240 g/mol. The van der Waals surface area contributed by atoms with Crippen LogP contribution in [0.1, 0.15) is 12.8 Å². The Morgan fingerprint density at radius 2 is 2.35 bits per heavy atom. The summed E-state index contributed by atoms with van der Waals surface area (Å²) >= 11 is 5.54. The molecule has 1 aromatic heterocycles. The van der Waals surface area contributed by atoms with Crippen molar-refractivity contribution in [2.75, 3.05) is 17.7 Å². The van der Waals surface area contributed by atoms with Gasteiger partial charge in [-0.25, -0.2) is 4.98 Å². The van der Waals surface area contributed by atoms with Crippen molar-refractivity contribution in [3.63, 3.8) is 0 Å². The molecule has 0 aliphatic rings. The van der Waals surface area contributed by atoms with Gasteiger partial charge in [-0.2, -0.15) is 0 Å². The van der Waals surface area contributed by atoms with Crippen LogP contribution >= 0.6 is 11.6 Å². The molecule has 2 N–H and O–H groups in total. The molecule has 92 valence electrons. The molecule has 4 nitrogen and oxygen atoms in total. The largest absolute Gasteiger partial charge is 0.441 e. The van der Waals surface area contributed by atoms with Crippen LogP contribution in [-0.4, -0.2) is 28.6 Å². The van der Waals surface area contributed by atoms with E-state index in [2.05, 4.69) is 10.3 Å². The average Bonchev–Trinajstić information content (AvgIpc) is 2.79. The van der Waals surface area contributed by atoms with Crippen LogP contribution in [0.25, 0.3) is 11.1 Å². The molecule has 2 rings (SSSR count). The van der Waals surface area contributed by atoms with Crippen molar-refractivity contribution in [1.29, 1.82) is 0 Å². The third kappa shape index (κ3) is 2.70. The predicted octanol–water partition coefficient (Wildman–Crippen LogP) is 2.40. The van der Waals surface area contributed by atoms with Gasteiger partial charge in [-0.15, -0.1) is 11.6 Å². The Bertz CT molecular complexity index is 498. The summed E-state index contributed by atoms with van der Waals surface area (Å²) in [5.74, 6) is 0.925. The Balaban J connectivity index is 2.24. The first-order valence-electron chi connectivity index (χ1n) is 5.61. The number of rotatable bonds is 5. The second-order valence-corrected chi connectivity index (χ2v) is 4.11. The number of benzene rings is 1. The maximum atomic E-state index is 9.40. The number of aliphatic hydroxyl groups is 1. The summed E-state index contributed by atoms with van der Waals surface area (Å²) in [4.78, 5) is 4.39. The van der Waals surface area contributed by atoms with Crippen molar-refractivity contribution in [3.05, 3.63) is 24.1 Å². The number of nitrogens with zero attached hydrogens (tertiary/aromatic N) is 1. The highest BCUT2D eigenvalue weighted by Crippen LogP contribution is 2.23. The topological polar surface area (TPSA) is 58.3 Å². The molecule has 0 amide bonds. The summed E-state index contributed by atoms with van der Waals surface area (Å²) in [6, 6.07) is 5.68. The molecular formula is C12H15ClN2O2. The van der Waals surface area contributed by atoms with E-state index in [-0.39, 0.29) is 5.88 Å². The molecule has 17 heavy (non-hydrogen) atoms. The van der Waals surface area contributed by atoms with E-state index in [4.69, 9.17) is 16.0 Å². The Morgan fingerprint density at radius 3 is 3.06 bits per heavy atom. The van der Waals surface area contributed by atoms with Gasteiger partial charge >= 0.3 is 0 Å². The fraction of sp³-hybridized carbons (Fsp3) is 0.417. The molecule has 1 heterocycles. The number of aryl methyl sites for hydroxylation is 1. The van der Waals surface area contributed by atoms with E-state index >= 15 is 0 Å². The summed E-state index contributed by atoms with van der Waals surface area (Å²) in [7, 11) is 0. The lowest BCUT2D eigenvalue weighted by Gasteiger charge is -2.09. The summed E-state index contributed by atoms with van der Waals surface area (Å²) < 4.78 is 5.55. The van der Waals surface area contributed by atoms with Gasteiger partial charge in [0.1, 0.15) is 5.52 Å². The molecule has 0 aliphatic heterocycles. The monoisotopic (exact) mass is 254 g/mol. The summed E-state index contributed by atoms with van der Waals surface area (Å²) in [5.41, 5.74) is 2.41. The fourth-order valence-electron chi connectivity index (χ4n) is 1.57. The van der Waals surface area contributed by atoms with Gasteiger partial charge in [-0.1, -0.05) is 13.0 Å². The zero-order chi connectivity index (χ0) is 12.3. The standard InChI is InChI=1S/C12H15ClN2O2/c1-2-11-15-12-9(14-7-8(16)6-13)4-3-5-10(12)17-11/h3-5,8,14,16H,2,6-7H2,1H3. The lowest BCUT2D eigenvalue weighted by atomic mass is 10.2. The van der Waals surface area contributed by atoms with Crippen molar-refractivity contribution >= 4 is 28.4 Å².